The fraction of sp³-hybridized carbons (Fsp3) is 0.300. The standard InChI is InChI=1S/C10H9BrN2O/c1-10(5-12)6-13-8-4-2-3-7(11)9(8)14-10/h2-4,13H,6H2,1H3. The number of nitrogens with zero attached hydrogens (tertiary/aromatic N) is 1. The van der Waals surface area contributed by atoms with E-state index in [9.17, 15) is 0 Å². The zero-order valence-electron chi connectivity index (χ0n) is 7.67. The van der Waals surface area contributed by atoms with Crippen molar-refractivity contribution in [2.24, 2.45) is 0 Å². The summed E-state index contributed by atoms with van der Waals surface area (Å²) in [6.07, 6.45) is 0. The third-order valence-electron chi connectivity index (χ3n) is 2.15. The number of hydrogen-bond acceptors (Lipinski definition) is 3. The summed E-state index contributed by atoms with van der Waals surface area (Å²) >= 11 is 3.39. The molecule has 14 heavy (non-hydrogen) atoms. The van der Waals surface area contributed by atoms with Crippen LogP contribution in [0.15, 0.2) is 22.7 Å². The first-order valence-electron chi connectivity index (χ1n) is 4.27. The zero-order valence-corrected chi connectivity index (χ0v) is 9.26. The van der Waals surface area contributed by atoms with Crippen molar-refractivity contribution in [2.75, 3.05) is 11.9 Å². The molecule has 1 aliphatic heterocycles. The normalized spacial score (nSPS) is 24.1. The van der Waals surface area contributed by atoms with Crippen LogP contribution in [0.4, 0.5) is 5.69 Å². The molecule has 1 unspecified atom stereocenters. The molecule has 1 N–H and O–H groups in total. The summed E-state index contributed by atoms with van der Waals surface area (Å²) in [6.45, 7) is 2.27. The third kappa shape index (κ3) is 1.44. The fourth-order valence-corrected chi connectivity index (χ4v) is 1.79. The summed E-state index contributed by atoms with van der Waals surface area (Å²) in [5.74, 6) is 0.711. The van der Waals surface area contributed by atoms with Crippen molar-refractivity contribution in [1.29, 1.82) is 5.26 Å². The number of benzene rings is 1. The van der Waals surface area contributed by atoms with E-state index in [-0.39, 0.29) is 0 Å². The van der Waals surface area contributed by atoms with Gasteiger partial charge in [0.15, 0.2) is 5.75 Å². The fourth-order valence-electron chi connectivity index (χ4n) is 1.34. The van der Waals surface area contributed by atoms with Gasteiger partial charge in [0.2, 0.25) is 5.60 Å². The lowest BCUT2D eigenvalue weighted by Gasteiger charge is -2.31. The number of rotatable bonds is 0. The molecule has 0 fully saturated rings. The number of fused-ring (bicyclic) bond motifs is 1. The van der Waals surface area contributed by atoms with E-state index in [0.29, 0.717) is 12.3 Å². The number of nitriles is 1. The number of nitrogens with one attached hydrogen (secondary N) is 1. The van der Waals surface area contributed by atoms with Gasteiger partial charge in [-0.3, -0.25) is 0 Å². The maximum absolute atomic E-state index is 8.94. The molecule has 0 aliphatic carbocycles. The number of halogens is 1. The van der Waals surface area contributed by atoms with Crippen LogP contribution in [0.5, 0.6) is 5.75 Å². The molecule has 4 heteroatoms. The van der Waals surface area contributed by atoms with Crippen LogP contribution in [-0.2, 0) is 0 Å². The van der Waals surface area contributed by atoms with Gasteiger partial charge in [-0.1, -0.05) is 6.07 Å². The van der Waals surface area contributed by atoms with E-state index in [0.717, 1.165) is 10.2 Å². The highest BCUT2D eigenvalue weighted by atomic mass is 79.9. The number of ether oxygens (including phenoxy) is 1. The lowest BCUT2D eigenvalue weighted by atomic mass is 10.1. The zero-order chi connectivity index (χ0) is 10.2. The summed E-state index contributed by atoms with van der Waals surface area (Å²) in [5.41, 5.74) is 0.142. The Labute approximate surface area is 90.8 Å². The molecule has 0 spiro atoms. The Kier molecular flexibility index (Phi) is 2.12. The van der Waals surface area contributed by atoms with Gasteiger partial charge in [-0.2, -0.15) is 5.26 Å². The van der Waals surface area contributed by atoms with E-state index < -0.39 is 5.60 Å². The summed E-state index contributed by atoms with van der Waals surface area (Å²) in [4.78, 5) is 0. The maximum Gasteiger partial charge on any atom is 0.208 e. The first kappa shape index (κ1) is 9.35. The van der Waals surface area contributed by atoms with Crippen molar-refractivity contribution in [1.82, 2.24) is 0 Å². The van der Waals surface area contributed by atoms with Crippen molar-refractivity contribution >= 4 is 21.6 Å². The molecule has 0 bridgehead atoms. The van der Waals surface area contributed by atoms with Crippen LogP contribution in [0.25, 0.3) is 0 Å². The largest absolute Gasteiger partial charge is 0.467 e. The smallest absolute Gasteiger partial charge is 0.208 e. The minimum absolute atomic E-state index is 0.507. The van der Waals surface area contributed by atoms with Gasteiger partial charge in [-0.15, -0.1) is 0 Å². The van der Waals surface area contributed by atoms with E-state index >= 15 is 0 Å². The van der Waals surface area contributed by atoms with Gasteiger partial charge in [-0.25, -0.2) is 0 Å². The van der Waals surface area contributed by atoms with E-state index in [2.05, 4.69) is 27.3 Å². The highest BCUT2D eigenvalue weighted by Gasteiger charge is 2.32. The monoisotopic (exact) mass is 252 g/mol. The highest BCUT2D eigenvalue weighted by Crippen LogP contribution is 2.38. The van der Waals surface area contributed by atoms with E-state index in [1.165, 1.54) is 0 Å². The Morgan fingerprint density at radius 1 is 1.64 bits per heavy atom. The highest BCUT2D eigenvalue weighted by molar-refractivity contribution is 9.10. The minimum Gasteiger partial charge on any atom is -0.467 e. The molecule has 0 amide bonds. The molecule has 1 heterocycles. The molecule has 72 valence electrons. The topological polar surface area (TPSA) is 45.0 Å². The summed E-state index contributed by atoms with van der Waals surface area (Å²) in [6, 6.07) is 7.89. The lowest BCUT2D eigenvalue weighted by molar-refractivity contribution is 0.153. The molecule has 2 rings (SSSR count). The van der Waals surface area contributed by atoms with Crippen molar-refractivity contribution in [3.63, 3.8) is 0 Å². The van der Waals surface area contributed by atoms with Crippen LogP contribution >= 0.6 is 15.9 Å². The van der Waals surface area contributed by atoms with Crippen LogP contribution < -0.4 is 10.1 Å². The SMILES string of the molecule is CC1(C#N)CNc2cccc(Br)c2O1. The Hall–Kier alpha value is -1.21. The van der Waals surface area contributed by atoms with Crippen LogP contribution in [0.2, 0.25) is 0 Å². The molecule has 1 aromatic rings. The average molecular weight is 253 g/mol. The molecule has 0 saturated carbocycles. The Morgan fingerprint density at radius 2 is 2.43 bits per heavy atom. The Balaban J connectivity index is 2.44. The maximum atomic E-state index is 8.94. The lowest BCUT2D eigenvalue weighted by Crippen LogP contribution is -2.41. The number of anilines is 1. The van der Waals surface area contributed by atoms with Gasteiger partial charge in [-0.05, 0) is 35.0 Å². The van der Waals surface area contributed by atoms with E-state index in [4.69, 9.17) is 10.00 Å². The van der Waals surface area contributed by atoms with Gasteiger partial charge in [0.25, 0.3) is 0 Å². The van der Waals surface area contributed by atoms with Crippen LogP contribution in [0, 0.1) is 11.3 Å². The minimum atomic E-state index is -0.781. The van der Waals surface area contributed by atoms with Crippen LogP contribution in [-0.4, -0.2) is 12.1 Å². The Bertz CT molecular complexity index is 413. The van der Waals surface area contributed by atoms with Crippen LogP contribution in [0.1, 0.15) is 6.92 Å². The van der Waals surface area contributed by atoms with Gasteiger partial charge >= 0.3 is 0 Å². The molecule has 0 aromatic heterocycles. The number of para-hydroxylation sites is 1. The molecular formula is C10H9BrN2O. The third-order valence-corrected chi connectivity index (χ3v) is 2.77. The van der Waals surface area contributed by atoms with Crippen LogP contribution in [0.3, 0.4) is 0 Å². The van der Waals surface area contributed by atoms with Gasteiger partial charge in [0, 0.05) is 0 Å². The first-order chi connectivity index (χ1) is 6.64. The predicted octanol–water partition coefficient (Wildman–Crippen LogP) is 2.54. The molecule has 0 saturated heterocycles. The van der Waals surface area contributed by atoms with E-state index in [1.54, 1.807) is 6.92 Å². The van der Waals surface area contributed by atoms with Crippen molar-refractivity contribution in [3.05, 3.63) is 22.7 Å². The predicted molar refractivity (Wildman–Crippen MR) is 57.3 cm³/mol. The van der Waals surface area contributed by atoms with Crippen molar-refractivity contribution in [2.45, 2.75) is 12.5 Å². The number of hydrogen-bond donors (Lipinski definition) is 1. The van der Waals surface area contributed by atoms with Crippen molar-refractivity contribution < 1.29 is 4.74 Å². The quantitative estimate of drug-likeness (QED) is 0.772. The molecular weight excluding hydrogens is 244 g/mol. The molecule has 0 radical (unpaired) electrons. The molecule has 1 aliphatic rings. The second-order valence-electron chi connectivity index (χ2n) is 3.41. The van der Waals surface area contributed by atoms with Crippen molar-refractivity contribution in [3.8, 4) is 11.8 Å². The second kappa shape index (κ2) is 3.18. The Morgan fingerprint density at radius 3 is 3.14 bits per heavy atom. The summed E-state index contributed by atoms with van der Waals surface area (Å²) < 4.78 is 6.49. The van der Waals surface area contributed by atoms with Gasteiger partial charge in [0.05, 0.1) is 16.7 Å². The van der Waals surface area contributed by atoms with Gasteiger partial charge < -0.3 is 10.1 Å². The van der Waals surface area contributed by atoms with E-state index in [1.807, 2.05) is 18.2 Å². The molecule has 1 aromatic carbocycles. The molecule has 3 nitrogen and oxygen atoms in total. The molecule has 1 atom stereocenters. The summed E-state index contributed by atoms with van der Waals surface area (Å²) in [5, 5.41) is 12.1. The second-order valence-corrected chi connectivity index (χ2v) is 4.27. The first-order valence-corrected chi connectivity index (χ1v) is 5.06. The average Bonchev–Trinajstić information content (AvgIpc) is 2.20. The van der Waals surface area contributed by atoms with Gasteiger partial charge in [0.1, 0.15) is 6.07 Å². The summed E-state index contributed by atoms with van der Waals surface area (Å²) in [7, 11) is 0.